The molecule has 0 saturated carbocycles. The Hall–Kier alpha value is -1.01. The molecular weight excluding hydrogens is 301 g/mol. The Morgan fingerprint density at radius 1 is 1.14 bits per heavy atom. The minimum Gasteiger partial charge on any atom is -0.385 e. The molecule has 0 heterocycles. The van der Waals surface area contributed by atoms with Crippen LogP contribution in [-0.2, 0) is 16.6 Å². The lowest BCUT2D eigenvalue weighted by Gasteiger charge is -2.25. The topological polar surface area (TPSA) is 37.3 Å². The first-order chi connectivity index (χ1) is 9.31. The van der Waals surface area contributed by atoms with Crippen LogP contribution in [-0.4, -0.2) is 15.0 Å². The number of aliphatic hydroxyl groups is 1. The molecule has 0 aliphatic heterocycles. The maximum absolute atomic E-state index is 12.7. The summed E-state index contributed by atoms with van der Waals surface area (Å²) in [5.41, 5.74) is -2.38. The van der Waals surface area contributed by atoms with Gasteiger partial charge in [0.2, 0.25) is 0 Å². The van der Waals surface area contributed by atoms with Gasteiger partial charge in [0.15, 0.2) is 5.12 Å². The maximum atomic E-state index is 12.7. The molecule has 1 N–H and O–H groups in total. The smallest absolute Gasteiger partial charge is 0.385 e. The molecule has 6 heteroatoms. The number of benzene rings is 1. The van der Waals surface area contributed by atoms with Crippen LogP contribution in [0.1, 0.15) is 45.2 Å². The van der Waals surface area contributed by atoms with Gasteiger partial charge >= 0.3 is 6.18 Å². The molecule has 0 fully saturated rings. The van der Waals surface area contributed by atoms with E-state index in [1.165, 1.54) is 19.1 Å². The fourth-order valence-corrected chi connectivity index (χ4v) is 2.83. The average molecular weight is 320 g/mol. The van der Waals surface area contributed by atoms with Crippen LogP contribution in [0, 0.1) is 0 Å². The van der Waals surface area contributed by atoms with Crippen LogP contribution in [0.5, 0.6) is 0 Å². The van der Waals surface area contributed by atoms with Gasteiger partial charge in [-0.25, -0.2) is 0 Å². The summed E-state index contributed by atoms with van der Waals surface area (Å²) >= 11 is 1.07. The summed E-state index contributed by atoms with van der Waals surface area (Å²) in [6.07, 6.45) is -4.72. The summed E-state index contributed by atoms with van der Waals surface area (Å²) in [6, 6.07) is 4.44. The fourth-order valence-electron chi connectivity index (χ4n) is 1.79. The Morgan fingerprint density at radius 2 is 1.67 bits per heavy atom. The second-order valence-electron chi connectivity index (χ2n) is 6.12. The van der Waals surface area contributed by atoms with Crippen molar-refractivity contribution in [1.29, 1.82) is 0 Å². The molecule has 2 nitrogen and oxygen atoms in total. The van der Waals surface area contributed by atoms with Crippen LogP contribution < -0.4 is 0 Å². The van der Waals surface area contributed by atoms with Crippen LogP contribution in [0.4, 0.5) is 13.2 Å². The molecule has 0 bridgehead atoms. The molecule has 0 aromatic heterocycles. The van der Waals surface area contributed by atoms with Crippen molar-refractivity contribution in [1.82, 2.24) is 0 Å². The van der Waals surface area contributed by atoms with E-state index in [0.717, 1.165) is 23.9 Å². The molecule has 0 amide bonds. The van der Waals surface area contributed by atoms with Gasteiger partial charge in [0.1, 0.15) is 0 Å². The van der Waals surface area contributed by atoms with Gasteiger partial charge in [-0.05, 0) is 24.6 Å². The van der Waals surface area contributed by atoms with E-state index in [1.54, 1.807) is 0 Å². The Balaban J connectivity index is 2.95. The minimum atomic E-state index is -4.48. The van der Waals surface area contributed by atoms with Crippen molar-refractivity contribution in [2.45, 2.75) is 50.6 Å². The maximum Gasteiger partial charge on any atom is 0.416 e. The summed E-state index contributed by atoms with van der Waals surface area (Å²) in [7, 11) is 0. The van der Waals surface area contributed by atoms with Crippen molar-refractivity contribution in [2.75, 3.05) is 0 Å². The van der Waals surface area contributed by atoms with Crippen LogP contribution in [0.3, 0.4) is 0 Å². The van der Waals surface area contributed by atoms with Crippen LogP contribution >= 0.6 is 11.8 Å². The van der Waals surface area contributed by atoms with E-state index in [-0.39, 0.29) is 21.8 Å². The second kappa shape index (κ2) is 6.01. The molecule has 1 aromatic rings. The zero-order valence-electron chi connectivity index (χ0n) is 12.4. The lowest BCUT2D eigenvalue weighted by Crippen LogP contribution is -2.26. The van der Waals surface area contributed by atoms with Crippen molar-refractivity contribution < 1.29 is 23.1 Å². The first-order valence-corrected chi connectivity index (χ1v) is 7.25. The lowest BCUT2D eigenvalue weighted by molar-refractivity contribution is -0.137. The first-order valence-electron chi connectivity index (χ1n) is 6.43. The van der Waals surface area contributed by atoms with Gasteiger partial charge in [-0.15, -0.1) is 0 Å². The number of hydrogen-bond acceptors (Lipinski definition) is 3. The van der Waals surface area contributed by atoms with Crippen LogP contribution in [0.2, 0.25) is 0 Å². The molecule has 0 unspecified atom stereocenters. The highest BCUT2D eigenvalue weighted by atomic mass is 32.2. The predicted octanol–water partition coefficient (Wildman–Crippen LogP) is 4.36. The summed E-state index contributed by atoms with van der Waals surface area (Å²) in [5, 5.41) is 10.1. The minimum absolute atomic E-state index is 0.0835. The first kappa shape index (κ1) is 18.0. The molecule has 0 aliphatic rings. The molecule has 0 aliphatic carbocycles. The largest absolute Gasteiger partial charge is 0.416 e. The van der Waals surface area contributed by atoms with E-state index >= 15 is 0 Å². The zero-order valence-corrected chi connectivity index (χ0v) is 13.2. The Morgan fingerprint density at radius 3 is 2.14 bits per heavy atom. The Bertz CT molecular complexity index is 516. The normalized spacial score (nSPS) is 15.6. The molecule has 1 rings (SSSR count). The number of carbonyl (C=O) groups is 1. The highest BCUT2D eigenvalue weighted by Gasteiger charge is 2.34. The van der Waals surface area contributed by atoms with E-state index in [2.05, 4.69) is 0 Å². The highest BCUT2D eigenvalue weighted by Crippen LogP contribution is 2.35. The number of thioether (sulfide) groups is 1. The number of halogens is 3. The van der Waals surface area contributed by atoms with Crippen molar-refractivity contribution >= 4 is 16.9 Å². The van der Waals surface area contributed by atoms with Crippen LogP contribution in [0.15, 0.2) is 24.3 Å². The summed E-state index contributed by atoms with van der Waals surface area (Å²) in [5.74, 6) is 0. The van der Waals surface area contributed by atoms with E-state index in [4.69, 9.17) is 0 Å². The monoisotopic (exact) mass is 320 g/mol. The number of hydrogen-bond donors (Lipinski definition) is 1. The third-order valence-electron chi connectivity index (χ3n) is 2.72. The molecule has 1 atom stereocenters. The van der Waals surface area contributed by atoms with Gasteiger partial charge in [-0.2, -0.15) is 13.2 Å². The third-order valence-corrected chi connectivity index (χ3v) is 3.70. The predicted molar refractivity (Wildman–Crippen MR) is 78.0 cm³/mol. The van der Waals surface area contributed by atoms with E-state index in [0.29, 0.717) is 0 Å². The van der Waals surface area contributed by atoms with Gasteiger partial charge < -0.3 is 5.11 Å². The van der Waals surface area contributed by atoms with Crippen molar-refractivity contribution in [3.05, 3.63) is 35.4 Å². The second-order valence-corrected chi connectivity index (χ2v) is 8.00. The van der Waals surface area contributed by atoms with Crippen molar-refractivity contribution in [3.63, 3.8) is 0 Å². The molecule has 21 heavy (non-hydrogen) atoms. The summed E-state index contributed by atoms with van der Waals surface area (Å²) < 4.78 is 37.8. The van der Waals surface area contributed by atoms with Gasteiger partial charge in [0.25, 0.3) is 0 Å². The summed E-state index contributed by atoms with van der Waals surface area (Å²) in [4.78, 5) is 11.9. The van der Waals surface area contributed by atoms with E-state index < -0.39 is 17.3 Å². The lowest BCUT2D eigenvalue weighted by atomic mass is 9.92. The quantitative estimate of drug-likeness (QED) is 0.899. The highest BCUT2D eigenvalue weighted by molar-refractivity contribution is 8.14. The molecule has 0 radical (unpaired) electrons. The number of alkyl halides is 3. The van der Waals surface area contributed by atoms with Gasteiger partial charge in [-0.1, -0.05) is 44.7 Å². The standard InChI is InChI=1S/C15H19F3O2S/c1-13(2,3)21-12(19)9-14(4,20)10-6-5-7-11(8-10)15(16,17)18/h5-8,20H,9H2,1-4H3/t14-/m1/s1. The molecule has 118 valence electrons. The Kier molecular flexibility index (Phi) is 5.16. The van der Waals surface area contributed by atoms with Gasteiger partial charge in [0, 0.05) is 11.2 Å². The molecule has 1 aromatic carbocycles. The molecule has 0 spiro atoms. The van der Waals surface area contributed by atoms with Crippen LogP contribution in [0.25, 0.3) is 0 Å². The molecular formula is C15H19F3O2S. The molecule has 0 saturated heterocycles. The third kappa shape index (κ3) is 5.71. The van der Waals surface area contributed by atoms with E-state index in [9.17, 15) is 23.1 Å². The van der Waals surface area contributed by atoms with Gasteiger partial charge in [-0.3, -0.25) is 4.79 Å². The SMILES string of the molecule is CC(C)(C)SC(=O)C[C@@](C)(O)c1cccc(C(F)(F)F)c1. The summed E-state index contributed by atoms with van der Waals surface area (Å²) in [6.45, 7) is 6.92. The van der Waals surface area contributed by atoms with Crippen molar-refractivity contribution in [3.8, 4) is 0 Å². The van der Waals surface area contributed by atoms with E-state index in [1.807, 2.05) is 20.8 Å². The average Bonchev–Trinajstić information content (AvgIpc) is 2.24. The van der Waals surface area contributed by atoms with Crippen molar-refractivity contribution in [2.24, 2.45) is 0 Å². The van der Waals surface area contributed by atoms with Gasteiger partial charge in [0.05, 0.1) is 11.2 Å². The zero-order chi connectivity index (χ0) is 16.5. The Labute approximate surface area is 126 Å². The fraction of sp³-hybridized carbons (Fsp3) is 0.533. The number of carbonyl (C=O) groups excluding carboxylic acids is 1. The number of rotatable bonds is 3.